The van der Waals surface area contributed by atoms with Gasteiger partial charge in [0, 0.05) is 11.8 Å². The molecular weight excluding hydrogens is 434 g/mol. The molecule has 0 N–H and O–H groups in total. The largest absolute Gasteiger partial charge is 0.408 e. The normalized spacial score (nSPS) is 36.6. The molecule has 6 atom stereocenters. The van der Waals surface area contributed by atoms with Crippen LogP contribution >= 0.6 is 0 Å². The van der Waals surface area contributed by atoms with Crippen LogP contribution < -0.4 is 0 Å². The maximum absolute atomic E-state index is 10.8. The van der Waals surface area contributed by atoms with Gasteiger partial charge in [0.05, 0.1) is 29.8 Å². The summed E-state index contributed by atoms with van der Waals surface area (Å²) in [4.78, 5) is 0. The van der Waals surface area contributed by atoms with Gasteiger partial charge in [0.15, 0.2) is 0 Å². The third-order valence-electron chi connectivity index (χ3n) is 10.3. The third-order valence-corrected chi connectivity index (χ3v) is 16.4. The van der Waals surface area contributed by atoms with Gasteiger partial charge in [0.25, 0.3) is 0 Å². The van der Waals surface area contributed by atoms with Crippen molar-refractivity contribution >= 4 is 8.32 Å². The Kier molecular flexibility index (Phi) is 6.73. The number of nitriles is 1. The SMILES string of the molecule is C=CC[C@@]12C[C@@H](C)[C@@]3(C#N)C[C@@H]1[C@@H](OCc1ccccc1)C[C@@]23O[Si](C(C)C)(C(C)C)C(C)C. The summed E-state index contributed by atoms with van der Waals surface area (Å²) >= 11 is 0. The van der Waals surface area contributed by atoms with E-state index in [0.717, 1.165) is 25.7 Å². The molecule has 0 heterocycles. The summed E-state index contributed by atoms with van der Waals surface area (Å²) in [6.07, 6.45) is 5.93. The molecule has 1 aromatic rings. The standard InChI is InChI=1S/C30H45NO2Si/c1-9-15-28-16-24(8)29(20-31)17-26(28)27(32-19-25-13-11-10-12-14-25)18-30(28,29)33-34(21(2)3,22(4)5)23(6)7/h9-14,21-24,26-27H,1,15-19H2,2-8H3/t24-,26-,27+,28-,29+,30-/m1/s1. The van der Waals surface area contributed by atoms with Gasteiger partial charge in [-0.3, -0.25) is 0 Å². The number of hydrogen-bond acceptors (Lipinski definition) is 3. The van der Waals surface area contributed by atoms with Crippen molar-refractivity contribution in [2.24, 2.45) is 22.7 Å². The first kappa shape index (κ1) is 25.7. The summed E-state index contributed by atoms with van der Waals surface area (Å²) in [6, 6.07) is 13.4. The van der Waals surface area contributed by atoms with Crippen LogP contribution in [0.2, 0.25) is 16.6 Å². The molecule has 4 heteroatoms. The molecule has 4 rings (SSSR count). The zero-order valence-corrected chi connectivity index (χ0v) is 23.4. The van der Waals surface area contributed by atoms with E-state index in [4.69, 9.17) is 9.16 Å². The van der Waals surface area contributed by atoms with Crippen molar-refractivity contribution < 1.29 is 9.16 Å². The minimum Gasteiger partial charge on any atom is -0.408 e. The first-order chi connectivity index (χ1) is 16.1. The zero-order valence-electron chi connectivity index (χ0n) is 22.4. The molecule has 3 fully saturated rings. The molecule has 34 heavy (non-hydrogen) atoms. The summed E-state index contributed by atoms with van der Waals surface area (Å²) in [5.41, 5.74) is 1.73. The van der Waals surface area contributed by atoms with Crippen molar-refractivity contribution in [1.82, 2.24) is 0 Å². The fourth-order valence-corrected chi connectivity index (χ4v) is 14.9. The lowest BCUT2D eigenvalue weighted by Crippen LogP contribution is -2.61. The predicted molar refractivity (Wildman–Crippen MR) is 142 cm³/mol. The lowest BCUT2D eigenvalue weighted by atomic mass is 9.65. The van der Waals surface area contributed by atoms with Gasteiger partial charge in [-0.2, -0.15) is 5.26 Å². The molecule has 0 unspecified atom stereocenters. The van der Waals surface area contributed by atoms with Crippen LogP contribution in [0.25, 0.3) is 0 Å². The molecule has 0 aliphatic heterocycles. The lowest BCUT2D eigenvalue weighted by molar-refractivity contribution is -0.0867. The van der Waals surface area contributed by atoms with Crippen LogP contribution in [-0.2, 0) is 15.8 Å². The first-order valence-electron chi connectivity index (χ1n) is 13.4. The smallest absolute Gasteiger partial charge is 0.201 e. The zero-order chi connectivity index (χ0) is 24.9. The van der Waals surface area contributed by atoms with Crippen LogP contribution in [0.15, 0.2) is 43.0 Å². The third kappa shape index (κ3) is 3.19. The molecule has 3 aliphatic carbocycles. The monoisotopic (exact) mass is 479 g/mol. The number of benzene rings is 1. The van der Waals surface area contributed by atoms with Crippen LogP contribution in [0.5, 0.6) is 0 Å². The van der Waals surface area contributed by atoms with E-state index < -0.39 is 19.3 Å². The fraction of sp³-hybridized carbons (Fsp3) is 0.700. The Balaban J connectivity index is 1.81. The quantitative estimate of drug-likeness (QED) is 0.252. The van der Waals surface area contributed by atoms with Crippen molar-refractivity contribution in [2.75, 3.05) is 0 Å². The first-order valence-corrected chi connectivity index (χ1v) is 15.6. The maximum Gasteiger partial charge on any atom is 0.201 e. The van der Waals surface area contributed by atoms with Gasteiger partial charge in [0.2, 0.25) is 8.32 Å². The number of allylic oxidation sites excluding steroid dienone is 1. The van der Waals surface area contributed by atoms with E-state index in [-0.39, 0.29) is 11.5 Å². The van der Waals surface area contributed by atoms with E-state index in [1.807, 2.05) is 6.07 Å². The highest BCUT2D eigenvalue weighted by Crippen LogP contribution is 2.81. The van der Waals surface area contributed by atoms with Crippen LogP contribution in [-0.4, -0.2) is 20.0 Å². The van der Waals surface area contributed by atoms with Crippen molar-refractivity contribution in [3.8, 4) is 6.07 Å². The molecule has 186 valence electrons. The molecule has 3 nitrogen and oxygen atoms in total. The molecule has 0 radical (unpaired) electrons. The Morgan fingerprint density at radius 1 is 1.06 bits per heavy atom. The van der Waals surface area contributed by atoms with E-state index in [2.05, 4.69) is 91.5 Å². The van der Waals surface area contributed by atoms with E-state index in [9.17, 15) is 5.26 Å². The second-order valence-electron chi connectivity index (χ2n) is 12.4. The highest BCUT2D eigenvalue weighted by atomic mass is 28.4. The maximum atomic E-state index is 10.8. The highest BCUT2D eigenvalue weighted by Gasteiger charge is 2.85. The number of nitrogens with zero attached hydrogens (tertiary/aromatic N) is 1. The second kappa shape index (κ2) is 8.91. The van der Waals surface area contributed by atoms with E-state index in [0.29, 0.717) is 35.1 Å². The molecule has 0 spiro atoms. The molecule has 0 aromatic heterocycles. The Morgan fingerprint density at radius 2 is 1.68 bits per heavy atom. The summed E-state index contributed by atoms with van der Waals surface area (Å²) in [5, 5.41) is 10.8. The van der Waals surface area contributed by atoms with Gasteiger partial charge in [0.1, 0.15) is 0 Å². The molecule has 0 amide bonds. The second-order valence-corrected chi connectivity index (χ2v) is 17.8. The van der Waals surface area contributed by atoms with Gasteiger partial charge in [-0.15, -0.1) is 6.58 Å². The Labute approximate surface area is 209 Å². The van der Waals surface area contributed by atoms with E-state index >= 15 is 0 Å². The molecule has 3 saturated carbocycles. The van der Waals surface area contributed by atoms with Crippen molar-refractivity contribution in [1.29, 1.82) is 5.26 Å². The topological polar surface area (TPSA) is 42.2 Å². The molecule has 4 bridgehead atoms. The van der Waals surface area contributed by atoms with Crippen molar-refractivity contribution in [3.05, 3.63) is 48.6 Å². The minimum absolute atomic E-state index is 0.0534. The molecule has 3 aliphatic rings. The Morgan fingerprint density at radius 3 is 2.21 bits per heavy atom. The van der Waals surface area contributed by atoms with Gasteiger partial charge in [-0.05, 0) is 53.3 Å². The average molecular weight is 480 g/mol. The summed E-state index contributed by atoms with van der Waals surface area (Å²) in [7, 11) is -2.23. The minimum atomic E-state index is -2.23. The summed E-state index contributed by atoms with van der Waals surface area (Å²) in [6.45, 7) is 21.3. The van der Waals surface area contributed by atoms with Crippen molar-refractivity contribution in [2.45, 2.75) is 109 Å². The van der Waals surface area contributed by atoms with E-state index in [1.54, 1.807) is 0 Å². The number of hydrogen-bond donors (Lipinski definition) is 0. The van der Waals surface area contributed by atoms with Gasteiger partial charge in [-0.25, -0.2) is 0 Å². The Bertz CT molecular complexity index is 915. The Hall–Kier alpha value is -1.41. The van der Waals surface area contributed by atoms with Crippen LogP contribution in [0.4, 0.5) is 0 Å². The summed E-state index contributed by atoms with van der Waals surface area (Å²) in [5.74, 6) is 0.685. The molecular formula is C30H45NO2Si. The van der Waals surface area contributed by atoms with Gasteiger partial charge >= 0.3 is 0 Å². The highest BCUT2D eigenvalue weighted by molar-refractivity contribution is 6.77. The number of rotatable bonds is 10. The van der Waals surface area contributed by atoms with Gasteiger partial charge < -0.3 is 9.16 Å². The van der Waals surface area contributed by atoms with Crippen LogP contribution in [0, 0.1) is 34.0 Å². The number of ether oxygens (including phenoxy) is 1. The predicted octanol–water partition coefficient (Wildman–Crippen LogP) is 8.04. The van der Waals surface area contributed by atoms with Crippen molar-refractivity contribution in [3.63, 3.8) is 0 Å². The molecule has 0 saturated heterocycles. The van der Waals surface area contributed by atoms with Crippen LogP contribution in [0.3, 0.4) is 0 Å². The fourth-order valence-electron chi connectivity index (χ4n) is 9.13. The lowest BCUT2D eigenvalue weighted by Gasteiger charge is -2.54. The van der Waals surface area contributed by atoms with Gasteiger partial charge in [-0.1, -0.05) is 84.9 Å². The summed E-state index contributed by atoms with van der Waals surface area (Å²) < 4.78 is 14.5. The van der Waals surface area contributed by atoms with Crippen LogP contribution in [0.1, 0.15) is 79.7 Å². The molecule has 1 aromatic carbocycles. The van der Waals surface area contributed by atoms with E-state index in [1.165, 1.54) is 5.56 Å². The average Bonchev–Trinajstić information content (AvgIpc) is 3.25.